The van der Waals surface area contributed by atoms with Crippen LogP contribution in [0.4, 0.5) is 0 Å². The van der Waals surface area contributed by atoms with Gasteiger partial charge in [0, 0.05) is 43.1 Å². The van der Waals surface area contributed by atoms with E-state index in [0.717, 1.165) is 42.4 Å². The molecule has 0 bridgehead atoms. The van der Waals surface area contributed by atoms with Crippen molar-refractivity contribution in [3.05, 3.63) is 23.5 Å². The third-order valence-corrected chi connectivity index (χ3v) is 4.68. The third-order valence-electron chi connectivity index (χ3n) is 3.89. The number of esters is 1. The van der Waals surface area contributed by atoms with E-state index in [1.54, 1.807) is 11.9 Å². The Balaban J connectivity index is 1.86. The second kappa shape index (κ2) is 6.66. The Labute approximate surface area is 134 Å². The molecule has 0 aliphatic carbocycles. The van der Waals surface area contributed by atoms with Crippen LogP contribution >= 0.6 is 11.9 Å². The molecule has 1 N–H and O–H groups in total. The van der Waals surface area contributed by atoms with E-state index >= 15 is 0 Å². The molecule has 0 amide bonds. The molecule has 1 unspecified atom stereocenters. The molecule has 3 aliphatic heterocycles. The number of carbonyl (C=O) groups is 1. The first-order valence-corrected chi connectivity index (χ1v) is 8.44. The summed E-state index contributed by atoms with van der Waals surface area (Å²) in [5.41, 5.74) is 2.68. The second-order valence-corrected chi connectivity index (χ2v) is 6.39. The number of nitrogens with one attached hydrogen (secondary N) is 1. The maximum Gasteiger partial charge on any atom is 0.337 e. The summed E-state index contributed by atoms with van der Waals surface area (Å²) in [6, 6.07) is 0.304. The van der Waals surface area contributed by atoms with Crippen LogP contribution in [0.25, 0.3) is 0 Å². The fourth-order valence-corrected chi connectivity index (χ4v) is 3.47. The first-order valence-electron chi connectivity index (χ1n) is 7.46. The number of nitrogens with zero attached hydrogens (tertiary/aromatic N) is 3. The van der Waals surface area contributed by atoms with Crippen LogP contribution in [0, 0.1) is 0 Å². The summed E-state index contributed by atoms with van der Waals surface area (Å²) in [7, 11) is 1.42. The number of hydrogen-bond donors (Lipinski definition) is 1. The number of fused-ring (bicyclic) bond motifs is 1. The van der Waals surface area contributed by atoms with Gasteiger partial charge in [0.2, 0.25) is 0 Å². The fraction of sp³-hybridized carbons (Fsp3) is 0.533. The van der Waals surface area contributed by atoms with Crippen molar-refractivity contribution >= 4 is 29.5 Å². The molecular formula is C15H20N4O2S. The molecular weight excluding hydrogens is 300 g/mol. The number of allylic oxidation sites excluding steroid dienone is 1. The van der Waals surface area contributed by atoms with Crippen LogP contribution in [0.5, 0.6) is 0 Å². The Morgan fingerprint density at radius 1 is 1.59 bits per heavy atom. The first-order chi connectivity index (χ1) is 10.7. The average molecular weight is 320 g/mol. The monoisotopic (exact) mass is 320 g/mol. The van der Waals surface area contributed by atoms with Crippen molar-refractivity contribution in [2.45, 2.75) is 25.8 Å². The van der Waals surface area contributed by atoms with Gasteiger partial charge in [-0.25, -0.2) is 4.79 Å². The summed E-state index contributed by atoms with van der Waals surface area (Å²) in [5, 5.41) is 0. The van der Waals surface area contributed by atoms with Gasteiger partial charge in [-0.1, -0.05) is 24.9 Å². The van der Waals surface area contributed by atoms with Gasteiger partial charge in [0.15, 0.2) is 5.84 Å². The molecule has 1 atom stereocenters. The molecule has 0 aromatic carbocycles. The van der Waals surface area contributed by atoms with Crippen LogP contribution in [0.2, 0.25) is 0 Å². The van der Waals surface area contributed by atoms with Gasteiger partial charge in [0.25, 0.3) is 0 Å². The number of carbonyl (C=O) groups excluding carboxylic acids is 1. The van der Waals surface area contributed by atoms with Gasteiger partial charge >= 0.3 is 5.97 Å². The Morgan fingerprint density at radius 3 is 3.14 bits per heavy atom. The van der Waals surface area contributed by atoms with E-state index in [1.807, 2.05) is 12.3 Å². The largest absolute Gasteiger partial charge is 0.466 e. The summed E-state index contributed by atoms with van der Waals surface area (Å²) in [5.74, 6) is 1.63. The van der Waals surface area contributed by atoms with E-state index < -0.39 is 0 Å². The van der Waals surface area contributed by atoms with Gasteiger partial charge in [-0.3, -0.25) is 14.7 Å². The normalized spacial score (nSPS) is 23.5. The molecule has 7 heteroatoms. The van der Waals surface area contributed by atoms with Crippen LogP contribution in [0.15, 0.2) is 33.5 Å². The summed E-state index contributed by atoms with van der Waals surface area (Å²) >= 11 is 1.70. The molecule has 0 aromatic rings. The van der Waals surface area contributed by atoms with E-state index in [1.165, 1.54) is 7.11 Å². The van der Waals surface area contributed by atoms with E-state index in [9.17, 15) is 4.79 Å². The van der Waals surface area contributed by atoms with Gasteiger partial charge in [-0.05, 0) is 0 Å². The zero-order valence-corrected chi connectivity index (χ0v) is 13.7. The summed E-state index contributed by atoms with van der Waals surface area (Å²) < 4.78 is 8.37. The van der Waals surface area contributed by atoms with E-state index in [-0.39, 0.29) is 5.97 Å². The van der Waals surface area contributed by atoms with Gasteiger partial charge in [-0.2, -0.15) is 0 Å². The molecule has 6 nitrogen and oxygen atoms in total. The van der Waals surface area contributed by atoms with Gasteiger partial charge in [0.05, 0.1) is 24.9 Å². The molecule has 0 radical (unpaired) electrons. The van der Waals surface area contributed by atoms with Crippen LogP contribution < -0.4 is 4.72 Å². The maximum atomic E-state index is 12.0. The van der Waals surface area contributed by atoms with Crippen molar-refractivity contribution in [2.75, 3.05) is 26.0 Å². The smallest absolute Gasteiger partial charge is 0.337 e. The van der Waals surface area contributed by atoms with E-state index in [0.29, 0.717) is 18.2 Å². The molecule has 0 spiro atoms. The lowest BCUT2D eigenvalue weighted by atomic mass is 10.1. The molecule has 3 rings (SSSR count). The van der Waals surface area contributed by atoms with Gasteiger partial charge < -0.3 is 9.64 Å². The molecule has 3 heterocycles. The van der Waals surface area contributed by atoms with Crippen molar-refractivity contribution in [2.24, 2.45) is 9.98 Å². The lowest BCUT2D eigenvalue weighted by Crippen LogP contribution is -2.39. The molecule has 0 saturated carbocycles. The van der Waals surface area contributed by atoms with Crippen LogP contribution in [-0.4, -0.2) is 54.4 Å². The topological polar surface area (TPSA) is 66.3 Å². The molecule has 0 aromatic heterocycles. The highest BCUT2D eigenvalue weighted by atomic mass is 32.2. The van der Waals surface area contributed by atoms with Crippen molar-refractivity contribution < 1.29 is 9.53 Å². The van der Waals surface area contributed by atoms with Crippen molar-refractivity contribution in [3.63, 3.8) is 0 Å². The number of rotatable bonds is 5. The van der Waals surface area contributed by atoms with Crippen molar-refractivity contribution in [1.82, 2.24) is 9.62 Å². The summed E-state index contributed by atoms with van der Waals surface area (Å²) in [6.07, 6.45) is 5.46. The molecule has 22 heavy (non-hydrogen) atoms. The predicted molar refractivity (Wildman–Crippen MR) is 88.9 cm³/mol. The number of methoxy groups -OCH3 is 1. The quantitative estimate of drug-likeness (QED) is 0.614. The molecule has 3 aliphatic rings. The predicted octanol–water partition coefficient (Wildman–Crippen LogP) is 1.52. The van der Waals surface area contributed by atoms with Gasteiger partial charge in [0.1, 0.15) is 0 Å². The Kier molecular flexibility index (Phi) is 4.63. The average Bonchev–Trinajstić information content (AvgIpc) is 3.20. The van der Waals surface area contributed by atoms with Gasteiger partial charge in [-0.15, -0.1) is 0 Å². The van der Waals surface area contributed by atoms with E-state index in [4.69, 9.17) is 4.74 Å². The highest BCUT2D eigenvalue weighted by molar-refractivity contribution is 7.97. The summed E-state index contributed by atoms with van der Waals surface area (Å²) in [6.45, 7) is 3.30. The number of amidine groups is 1. The minimum Gasteiger partial charge on any atom is -0.466 e. The number of ether oxygens (including phenoxy) is 1. The Morgan fingerprint density at radius 2 is 2.45 bits per heavy atom. The van der Waals surface area contributed by atoms with Crippen LogP contribution in [0.1, 0.15) is 19.8 Å². The Bertz CT molecular complexity index is 594. The zero-order chi connectivity index (χ0) is 15.5. The maximum absolute atomic E-state index is 12.0. The number of aliphatic imine (C=N–C) groups is 2. The third kappa shape index (κ3) is 2.83. The standard InChI is InChI=1S/C15H20N4O2S/c1-3-22-18-10-7-13-11(15(20)21-2)8-17-14(19(13)9-10)12-5-4-6-16-12/h4,6,10,18H,3,5,7-9H2,1-2H3. The lowest BCUT2D eigenvalue weighted by Gasteiger charge is -2.27. The number of hydrogen-bond acceptors (Lipinski definition) is 7. The zero-order valence-electron chi connectivity index (χ0n) is 12.8. The molecule has 1 fully saturated rings. The SMILES string of the molecule is CCSNC1CC2=C(C(=O)OC)CN=C(C3=NC=CC3)N2C1. The minimum absolute atomic E-state index is 0.280. The fourth-order valence-electron chi connectivity index (χ4n) is 2.91. The molecule has 118 valence electrons. The Hall–Kier alpha value is -1.60. The minimum atomic E-state index is -0.280. The first kappa shape index (κ1) is 15.3. The summed E-state index contributed by atoms with van der Waals surface area (Å²) in [4.78, 5) is 23.1. The van der Waals surface area contributed by atoms with Crippen molar-refractivity contribution in [1.29, 1.82) is 0 Å². The highest BCUT2D eigenvalue weighted by Crippen LogP contribution is 2.31. The molecule has 1 saturated heterocycles. The second-order valence-electron chi connectivity index (χ2n) is 5.28. The van der Waals surface area contributed by atoms with Crippen LogP contribution in [0.3, 0.4) is 0 Å². The lowest BCUT2D eigenvalue weighted by molar-refractivity contribution is -0.136. The van der Waals surface area contributed by atoms with E-state index in [2.05, 4.69) is 26.5 Å². The highest BCUT2D eigenvalue weighted by Gasteiger charge is 2.37. The van der Waals surface area contributed by atoms with Crippen molar-refractivity contribution in [3.8, 4) is 0 Å². The van der Waals surface area contributed by atoms with Crippen LogP contribution in [-0.2, 0) is 9.53 Å².